The minimum atomic E-state index is -0.488. The van der Waals surface area contributed by atoms with Crippen molar-refractivity contribution in [2.45, 2.75) is 51.1 Å². The fourth-order valence-corrected chi connectivity index (χ4v) is 2.84. The van der Waals surface area contributed by atoms with Gasteiger partial charge in [-0.1, -0.05) is 12.8 Å². The summed E-state index contributed by atoms with van der Waals surface area (Å²) < 4.78 is 13.3. The highest BCUT2D eigenvalue weighted by Gasteiger charge is 2.19. The van der Waals surface area contributed by atoms with E-state index in [1.54, 1.807) is 0 Å². The number of anilines is 1. The predicted octanol–water partition coefficient (Wildman–Crippen LogP) is 3.46. The second-order valence-corrected chi connectivity index (χ2v) is 5.70. The van der Waals surface area contributed by atoms with E-state index in [0.29, 0.717) is 6.04 Å². The quantitative estimate of drug-likeness (QED) is 0.645. The molecule has 1 aliphatic rings. The number of nitro benzene ring substituents is 1. The largest absolute Gasteiger partial charge is 0.377 e. The average molecular weight is 295 g/mol. The first kappa shape index (κ1) is 15.7. The molecule has 6 heteroatoms. The second kappa shape index (κ2) is 7.36. The number of halogens is 1. The normalized spacial score (nSPS) is 20.6. The zero-order valence-electron chi connectivity index (χ0n) is 12.3. The van der Waals surface area contributed by atoms with E-state index >= 15 is 0 Å². The lowest BCUT2D eigenvalue weighted by atomic mass is 10.0. The summed E-state index contributed by atoms with van der Waals surface area (Å²) in [6.45, 7) is 3.00. The fraction of sp³-hybridized carbons (Fsp3) is 0.600. The minimum absolute atomic E-state index is 0.0427. The highest BCUT2D eigenvalue weighted by Crippen LogP contribution is 2.26. The van der Waals surface area contributed by atoms with Gasteiger partial charge in [0.15, 0.2) is 0 Å². The van der Waals surface area contributed by atoms with Crippen LogP contribution < -0.4 is 10.6 Å². The molecule has 1 heterocycles. The van der Waals surface area contributed by atoms with Gasteiger partial charge in [0.25, 0.3) is 5.69 Å². The number of benzene rings is 1. The third-order valence-electron chi connectivity index (χ3n) is 3.86. The molecule has 0 bridgehead atoms. The van der Waals surface area contributed by atoms with E-state index in [1.807, 2.05) is 6.92 Å². The highest BCUT2D eigenvalue weighted by molar-refractivity contribution is 5.61. The number of nitrogens with one attached hydrogen (secondary N) is 2. The van der Waals surface area contributed by atoms with Gasteiger partial charge in [-0.15, -0.1) is 0 Å². The number of nitrogens with zero attached hydrogens (tertiary/aromatic N) is 1. The summed E-state index contributed by atoms with van der Waals surface area (Å²) >= 11 is 0. The Balaban J connectivity index is 1.99. The van der Waals surface area contributed by atoms with Crippen LogP contribution in [0.4, 0.5) is 15.8 Å². The van der Waals surface area contributed by atoms with Crippen LogP contribution in [0.1, 0.15) is 39.0 Å². The lowest BCUT2D eigenvalue weighted by Gasteiger charge is -2.22. The van der Waals surface area contributed by atoms with E-state index in [4.69, 9.17) is 0 Å². The van der Waals surface area contributed by atoms with Gasteiger partial charge < -0.3 is 10.6 Å². The molecule has 5 nitrogen and oxygen atoms in total. The van der Waals surface area contributed by atoms with Gasteiger partial charge in [0.05, 0.1) is 4.92 Å². The predicted molar refractivity (Wildman–Crippen MR) is 81.0 cm³/mol. The molecule has 21 heavy (non-hydrogen) atoms. The van der Waals surface area contributed by atoms with Crippen molar-refractivity contribution < 1.29 is 9.31 Å². The Hall–Kier alpha value is -1.69. The lowest BCUT2D eigenvalue weighted by molar-refractivity contribution is -0.384. The molecule has 1 aromatic rings. The summed E-state index contributed by atoms with van der Waals surface area (Å²) in [5, 5.41) is 17.6. The Morgan fingerprint density at radius 1 is 1.48 bits per heavy atom. The molecule has 2 atom stereocenters. The third-order valence-corrected chi connectivity index (χ3v) is 3.86. The van der Waals surface area contributed by atoms with Gasteiger partial charge in [0, 0.05) is 24.2 Å². The maximum atomic E-state index is 13.3. The maximum absolute atomic E-state index is 13.3. The van der Waals surface area contributed by atoms with Crippen LogP contribution in [0.3, 0.4) is 0 Å². The lowest BCUT2D eigenvalue weighted by Crippen LogP contribution is -2.33. The monoisotopic (exact) mass is 295 g/mol. The van der Waals surface area contributed by atoms with Gasteiger partial charge in [-0.05, 0) is 38.8 Å². The van der Waals surface area contributed by atoms with E-state index < -0.39 is 10.7 Å². The summed E-state index contributed by atoms with van der Waals surface area (Å²) in [6, 6.07) is 3.97. The molecule has 0 spiro atoms. The highest BCUT2D eigenvalue weighted by atomic mass is 19.1. The van der Waals surface area contributed by atoms with Gasteiger partial charge in [-0.2, -0.15) is 0 Å². The molecule has 0 aromatic heterocycles. The molecule has 0 saturated carbocycles. The summed E-state index contributed by atoms with van der Waals surface area (Å²) in [5.74, 6) is -0.470. The third kappa shape index (κ3) is 4.67. The van der Waals surface area contributed by atoms with Crippen molar-refractivity contribution in [3.05, 3.63) is 34.1 Å². The van der Waals surface area contributed by atoms with Crippen molar-refractivity contribution >= 4 is 11.4 Å². The number of hydrogen-bond donors (Lipinski definition) is 2. The zero-order valence-corrected chi connectivity index (χ0v) is 12.3. The van der Waals surface area contributed by atoms with Crippen LogP contribution in [0.15, 0.2) is 18.2 Å². The van der Waals surface area contributed by atoms with E-state index in [2.05, 4.69) is 10.6 Å². The topological polar surface area (TPSA) is 67.2 Å². The van der Waals surface area contributed by atoms with E-state index in [9.17, 15) is 14.5 Å². The molecule has 0 amide bonds. The zero-order chi connectivity index (χ0) is 15.2. The van der Waals surface area contributed by atoms with Crippen LogP contribution in [-0.4, -0.2) is 23.6 Å². The SMILES string of the molecule is CC(CC1CCCCCN1)Nc1cc(F)ccc1[N+](=O)[O-]. The van der Waals surface area contributed by atoms with E-state index in [-0.39, 0.29) is 17.4 Å². The van der Waals surface area contributed by atoms with Crippen molar-refractivity contribution in [3.63, 3.8) is 0 Å². The standard InChI is InChI=1S/C15H22FN3O2/c1-11(9-13-5-3-2-4-8-17-13)18-14-10-12(16)6-7-15(14)19(20)21/h6-7,10-11,13,17-18H,2-5,8-9H2,1H3. The first-order chi connectivity index (χ1) is 10.1. The molecule has 1 saturated heterocycles. The van der Waals surface area contributed by atoms with Crippen molar-refractivity contribution in [1.82, 2.24) is 5.32 Å². The Morgan fingerprint density at radius 2 is 2.29 bits per heavy atom. The Bertz CT molecular complexity index is 488. The molecule has 2 N–H and O–H groups in total. The van der Waals surface area contributed by atoms with Crippen molar-refractivity contribution in [3.8, 4) is 0 Å². The van der Waals surface area contributed by atoms with Crippen LogP contribution in [0, 0.1) is 15.9 Å². The summed E-state index contributed by atoms with van der Waals surface area (Å²) in [6.07, 6.45) is 5.66. The molecule has 1 fully saturated rings. The van der Waals surface area contributed by atoms with E-state index in [0.717, 1.165) is 25.5 Å². The summed E-state index contributed by atoms with van der Waals surface area (Å²) in [5.41, 5.74) is 0.165. The first-order valence-corrected chi connectivity index (χ1v) is 7.50. The molecule has 1 aliphatic heterocycles. The van der Waals surface area contributed by atoms with Crippen molar-refractivity contribution in [2.24, 2.45) is 0 Å². The van der Waals surface area contributed by atoms with Crippen molar-refractivity contribution in [1.29, 1.82) is 0 Å². The molecule has 1 aromatic carbocycles. The number of rotatable bonds is 5. The van der Waals surface area contributed by atoms with Gasteiger partial charge >= 0.3 is 0 Å². The van der Waals surface area contributed by atoms with E-state index in [1.165, 1.54) is 31.4 Å². The number of nitro groups is 1. The molecule has 2 rings (SSSR count). The molecule has 0 aliphatic carbocycles. The molecular formula is C15H22FN3O2. The van der Waals surface area contributed by atoms with Crippen molar-refractivity contribution in [2.75, 3.05) is 11.9 Å². The van der Waals surface area contributed by atoms with Gasteiger partial charge in [0.2, 0.25) is 0 Å². The molecule has 116 valence electrons. The Morgan fingerprint density at radius 3 is 3.05 bits per heavy atom. The summed E-state index contributed by atoms with van der Waals surface area (Å²) in [4.78, 5) is 10.5. The fourth-order valence-electron chi connectivity index (χ4n) is 2.84. The van der Waals surface area contributed by atoms with Gasteiger partial charge in [-0.25, -0.2) is 4.39 Å². The smallest absolute Gasteiger partial charge is 0.292 e. The van der Waals surface area contributed by atoms with Crippen LogP contribution in [0.25, 0.3) is 0 Å². The van der Waals surface area contributed by atoms with Crippen LogP contribution in [0.5, 0.6) is 0 Å². The van der Waals surface area contributed by atoms with Gasteiger partial charge in [0.1, 0.15) is 11.5 Å². The van der Waals surface area contributed by atoms with Crippen LogP contribution >= 0.6 is 0 Å². The second-order valence-electron chi connectivity index (χ2n) is 5.70. The molecule has 0 radical (unpaired) electrons. The molecule has 2 unspecified atom stereocenters. The average Bonchev–Trinajstić information content (AvgIpc) is 2.66. The Labute approximate surface area is 124 Å². The van der Waals surface area contributed by atoms with Gasteiger partial charge in [-0.3, -0.25) is 10.1 Å². The first-order valence-electron chi connectivity index (χ1n) is 7.50. The summed E-state index contributed by atoms with van der Waals surface area (Å²) in [7, 11) is 0. The minimum Gasteiger partial charge on any atom is -0.377 e. The Kier molecular flexibility index (Phi) is 5.50. The molecular weight excluding hydrogens is 273 g/mol. The maximum Gasteiger partial charge on any atom is 0.292 e. The van der Waals surface area contributed by atoms with Crippen LogP contribution in [0.2, 0.25) is 0 Å². The van der Waals surface area contributed by atoms with Crippen LogP contribution in [-0.2, 0) is 0 Å². The number of hydrogen-bond acceptors (Lipinski definition) is 4.